The minimum atomic E-state index is -0.807. The molecule has 1 aliphatic rings. The molecule has 3 atom stereocenters. The molecule has 0 aromatic heterocycles. The molecule has 0 bridgehead atoms. The molecular weight excluding hydrogens is 318 g/mol. The fraction of sp³-hybridized carbons (Fsp3) is 0.300. The van der Waals surface area contributed by atoms with Crippen LogP contribution in [0.3, 0.4) is 0 Å². The van der Waals surface area contributed by atoms with Gasteiger partial charge in [0.15, 0.2) is 12.1 Å². The predicted octanol–water partition coefficient (Wildman–Crippen LogP) is 2.72. The maximum Gasteiger partial charge on any atom is 0.331 e. The molecule has 1 unspecified atom stereocenters. The van der Waals surface area contributed by atoms with Crippen molar-refractivity contribution in [1.29, 1.82) is 0 Å². The average molecular weight is 339 g/mol. The van der Waals surface area contributed by atoms with Crippen molar-refractivity contribution in [1.82, 2.24) is 4.90 Å². The van der Waals surface area contributed by atoms with Gasteiger partial charge in [0.25, 0.3) is 5.91 Å². The van der Waals surface area contributed by atoms with E-state index < -0.39 is 18.1 Å². The first-order chi connectivity index (χ1) is 12.1. The van der Waals surface area contributed by atoms with Gasteiger partial charge in [0.2, 0.25) is 0 Å². The molecule has 2 aromatic rings. The second-order valence-electron chi connectivity index (χ2n) is 6.02. The van der Waals surface area contributed by atoms with Gasteiger partial charge >= 0.3 is 5.97 Å². The van der Waals surface area contributed by atoms with Crippen molar-refractivity contribution in [2.24, 2.45) is 0 Å². The maximum absolute atomic E-state index is 12.6. The number of amides is 1. The Bertz CT molecular complexity index is 732. The number of hydrogen-bond acceptors (Lipinski definition) is 4. The molecule has 1 heterocycles. The minimum absolute atomic E-state index is 0.192. The fourth-order valence-electron chi connectivity index (χ4n) is 3.09. The Hall–Kier alpha value is -2.66. The summed E-state index contributed by atoms with van der Waals surface area (Å²) in [5, 5.41) is 0. The van der Waals surface area contributed by atoms with Crippen LogP contribution < -0.4 is 0 Å². The third-order valence-corrected chi connectivity index (χ3v) is 4.50. The van der Waals surface area contributed by atoms with E-state index >= 15 is 0 Å². The number of ether oxygens (including phenoxy) is 2. The number of methoxy groups -OCH3 is 1. The van der Waals surface area contributed by atoms with Gasteiger partial charge < -0.3 is 14.4 Å². The van der Waals surface area contributed by atoms with Crippen LogP contribution in [0, 0.1) is 0 Å². The zero-order valence-electron chi connectivity index (χ0n) is 14.3. The third-order valence-electron chi connectivity index (χ3n) is 4.50. The van der Waals surface area contributed by atoms with Gasteiger partial charge in [-0.15, -0.1) is 0 Å². The quantitative estimate of drug-likeness (QED) is 0.600. The molecule has 0 N–H and O–H groups in total. The number of esters is 1. The summed E-state index contributed by atoms with van der Waals surface area (Å²) in [5.74, 6) is -0.650. The molecule has 5 nitrogen and oxygen atoms in total. The molecular formula is C20H21NO4. The molecule has 2 aromatic carbocycles. The van der Waals surface area contributed by atoms with E-state index in [1.807, 2.05) is 67.6 Å². The van der Waals surface area contributed by atoms with Crippen molar-refractivity contribution in [3.05, 3.63) is 71.8 Å². The van der Waals surface area contributed by atoms with E-state index in [1.165, 1.54) is 12.0 Å². The number of rotatable bonds is 6. The first-order valence-electron chi connectivity index (χ1n) is 8.24. The smallest absolute Gasteiger partial charge is 0.331 e. The van der Waals surface area contributed by atoms with Crippen LogP contribution in [0.25, 0.3) is 0 Å². The Kier molecular flexibility index (Phi) is 5.14. The van der Waals surface area contributed by atoms with Crippen LogP contribution in [-0.2, 0) is 25.7 Å². The molecule has 25 heavy (non-hydrogen) atoms. The topological polar surface area (TPSA) is 55.8 Å². The first-order valence-corrected chi connectivity index (χ1v) is 8.24. The Labute approximate surface area is 147 Å². The molecule has 0 radical (unpaired) electrons. The molecule has 1 saturated heterocycles. The molecule has 130 valence electrons. The number of likely N-dealkylation sites (tertiary alicyclic amines) is 1. The van der Waals surface area contributed by atoms with E-state index in [-0.39, 0.29) is 18.6 Å². The highest BCUT2D eigenvalue weighted by molar-refractivity contribution is 5.99. The highest BCUT2D eigenvalue weighted by Crippen LogP contribution is 2.34. The second-order valence-corrected chi connectivity index (χ2v) is 6.02. The van der Waals surface area contributed by atoms with E-state index in [0.717, 1.165) is 11.1 Å². The Morgan fingerprint density at radius 2 is 1.68 bits per heavy atom. The molecule has 1 aliphatic heterocycles. The second kappa shape index (κ2) is 7.49. The average Bonchev–Trinajstić information content (AvgIpc) is 2.66. The summed E-state index contributed by atoms with van der Waals surface area (Å²) in [7, 11) is 1.32. The zero-order valence-corrected chi connectivity index (χ0v) is 14.3. The van der Waals surface area contributed by atoms with Crippen LogP contribution in [0.5, 0.6) is 0 Å². The van der Waals surface area contributed by atoms with E-state index in [2.05, 4.69) is 0 Å². The van der Waals surface area contributed by atoms with Crippen molar-refractivity contribution >= 4 is 11.9 Å². The highest BCUT2D eigenvalue weighted by atomic mass is 16.5. The Morgan fingerprint density at radius 3 is 2.28 bits per heavy atom. The van der Waals surface area contributed by atoms with E-state index in [4.69, 9.17) is 9.47 Å². The van der Waals surface area contributed by atoms with Gasteiger partial charge in [0.05, 0.1) is 19.8 Å². The normalized spacial score (nSPS) is 20.7. The van der Waals surface area contributed by atoms with Gasteiger partial charge in [-0.25, -0.2) is 4.79 Å². The number of nitrogens with zero attached hydrogens (tertiary/aromatic N) is 1. The molecule has 0 aliphatic carbocycles. The van der Waals surface area contributed by atoms with Crippen molar-refractivity contribution in [2.45, 2.75) is 31.7 Å². The number of β-lactam (4-membered cyclic amide) rings is 1. The lowest BCUT2D eigenvalue weighted by Gasteiger charge is -2.47. The Morgan fingerprint density at radius 1 is 1.08 bits per heavy atom. The standard InChI is InChI=1S/C20H21NO4/c1-14(16-11-7-4-8-12-16)21-17(20(23)24-2)18(19(21)22)25-13-15-9-5-3-6-10-15/h3-12,14,17-18H,13H2,1-2H3/t14?,17-,18-/m0/s1. The van der Waals surface area contributed by atoms with Gasteiger partial charge in [-0.3, -0.25) is 4.79 Å². The summed E-state index contributed by atoms with van der Waals surface area (Å²) < 4.78 is 10.6. The summed E-state index contributed by atoms with van der Waals surface area (Å²) >= 11 is 0. The van der Waals surface area contributed by atoms with Crippen molar-refractivity contribution in [3.8, 4) is 0 Å². The SMILES string of the molecule is COC(=O)[C@@H]1[C@H](OCc2ccccc2)C(=O)N1C(C)c1ccccc1. The predicted molar refractivity (Wildman–Crippen MR) is 92.5 cm³/mol. The van der Waals surface area contributed by atoms with Gasteiger partial charge in [-0.2, -0.15) is 0 Å². The highest BCUT2D eigenvalue weighted by Gasteiger charge is 2.55. The van der Waals surface area contributed by atoms with Crippen LogP contribution in [0.2, 0.25) is 0 Å². The minimum Gasteiger partial charge on any atom is -0.467 e. The maximum atomic E-state index is 12.6. The van der Waals surface area contributed by atoms with Gasteiger partial charge in [0.1, 0.15) is 0 Å². The molecule has 0 spiro atoms. The zero-order chi connectivity index (χ0) is 17.8. The van der Waals surface area contributed by atoms with Crippen LogP contribution in [-0.4, -0.2) is 36.0 Å². The van der Waals surface area contributed by atoms with Crippen LogP contribution >= 0.6 is 0 Å². The van der Waals surface area contributed by atoms with Crippen LogP contribution in [0.1, 0.15) is 24.1 Å². The van der Waals surface area contributed by atoms with Gasteiger partial charge in [0, 0.05) is 0 Å². The lowest BCUT2D eigenvalue weighted by atomic mass is 9.92. The summed E-state index contributed by atoms with van der Waals surface area (Å²) in [6.07, 6.45) is -0.807. The summed E-state index contributed by atoms with van der Waals surface area (Å²) in [6, 6.07) is 18.2. The molecule has 5 heteroatoms. The molecule has 1 amide bonds. The number of benzene rings is 2. The van der Waals surface area contributed by atoms with Crippen molar-refractivity contribution in [3.63, 3.8) is 0 Å². The summed E-state index contributed by atoms with van der Waals surface area (Å²) in [6.45, 7) is 2.18. The summed E-state index contributed by atoms with van der Waals surface area (Å²) in [4.78, 5) is 26.4. The lowest BCUT2D eigenvalue weighted by molar-refractivity contribution is -0.192. The number of carbonyl (C=O) groups excluding carboxylic acids is 2. The Balaban J connectivity index is 1.74. The molecule has 0 saturated carbocycles. The largest absolute Gasteiger partial charge is 0.467 e. The van der Waals surface area contributed by atoms with Crippen molar-refractivity contribution in [2.75, 3.05) is 7.11 Å². The van der Waals surface area contributed by atoms with Crippen LogP contribution in [0.4, 0.5) is 0 Å². The van der Waals surface area contributed by atoms with E-state index in [9.17, 15) is 9.59 Å². The monoisotopic (exact) mass is 339 g/mol. The van der Waals surface area contributed by atoms with Gasteiger partial charge in [-0.1, -0.05) is 60.7 Å². The molecule has 3 rings (SSSR count). The van der Waals surface area contributed by atoms with E-state index in [1.54, 1.807) is 0 Å². The summed E-state index contributed by atoms with van der Waals surface area (Å²) in [5.41, 5.74) is 1.92. The fourth-order valence-corrected chi connectivity index (χ4v) is 3.09. The number of hydrogen-bond donors (Lipinski definition) is 0. The number of carbonyl (C=O) groups is 2. The van der Waals surface area contributed by atoms with Crippen LogP contribution in [0.15, 0.2) is 60.7 Å². The van der Waals surface area contributed by atoms with Gasteiger partial charge in [-0.05, 0) is 18.1 Å². The van der Waals surface area contributed by atoms with E-state index in [0.29, 0.717) is 0 Å². The third kappa shape index (κ3) is 3.42. The van der Waals surface area contributed by atoms with Crippen molar-refractivity contribution < 1.29 is 19.1 Å². The first kappa shape index (κ1) is 17.2. The lowest BCUT2D eigenvalue weighted by Crippen LogP contribution is -2.69. The molecule has 1 fully saturated rings.